The lowest BCUT2D eigenvalue weighted by atomic mass is 9.99. The molecule has 110 valence electrons. The zero-order valence-electron chi connectivity index (χ0n) is 11.5. The van der Waals surface area contributed by atoms with E-state index in [-0.39, 0.29) is 17.9 Å². The molecule has 2 aliphatic rings. The van der Waals surface area contributed by atoms with Crippen molar-refractivity contribution in [3.05, 3.63) is 0 Å². The second kappa shape index (κ2) is 5.76. The van der Waals surface area contributed by atoms with Crippen molar-refractivity contribution in [2.45, 2.75) is 25.3 Å². The Morgan fingerprint density at radius 1 is 1.37 bits per heavy atom. The van der Waals surface area contributed by atoms with E-state index in [9.17, 15) is 13.2 Å². The van der Waals surface area contributed by atoms with Crippen LogP contribution in [0.5, 0.6) is 0 Å². The van der Waals surface area contributed by atoms with Crippen molar-refractivity contribution >= 4 is 15.9 Å². The lowest BCUT2D eigenvalue weighted by Crippen LogP contribution is -2.41. The third-order valence-electron chi connectivity index (χ3n) is 3.83. The molecule has 2 fully saturated rings. The summed E-state index contributed by atoms with van der Waals surface area (Å²) in [6.45, 7) is 1.56. The summed E-state index contributed by atoms with van der Waals surface area (Å²) in [5.41, 5.74) is 0. The second-order valence-electron chi connectivity index (χ2n) is 5.54. The van der Waals surface area contributed by atoms with E-state index in [4.69, 9.17) is 4.74 Å². The Labute approximate surface area is 114 Å². The van der Waals surface area contributed by atoms with Gasteiger partial charge in [-0.15, -0.1) is 0 Å². The summed E-state index contributed by atoms with van der Waals surface area (Å²) < 4.78 is 30.4. The molecule has 2 rings (SSSR count). The number of rotatable bonds is 6. The first kappa shape index (κ1) is 14.7. The number of ether oxygens (including phenoxy) is 1. The number of sulfonamides is 1. The number of hydrogen-bond donors (Lipinski definition) is 1. The van der Waals surface area contributed by atoms with Crippen molar-refractivity contribution in [3.8, 4) is 0 Å². The first-order chi connectivity index (χ1) is 8.90. The minimum atomic E-state index is -3.22. The Bertz CT molecular complexity index is 433. The molecule has 1 saturated carbocycles. The number of carbonyl (C=O) groups excluding carboxylic acids is 1. The van der Waals surface area contributed by atoms with Crippen molar-refractivity contribution in [1.82, 2.24) is 9.62 Å². The Kier molecular flexibility index (Phi) is 4.47. The average molecular weight is 290 g/mol. The molecule has 2 atom stereocenters. The van der Waals surface area contributed by atoms with Gasteiger partial charge in [-0.05, 0) is 24.7 Å². The topological polar surface area (TPSA) is 75.7 Å². The Morgan fingerprint density at radius 3 is 2.58 bits per heavy atom. The van der Waals surface area contributed by atoms with Gasteiger partial charge in [0.25, 0.3) is 0 Å². The second-order valence-corrected chi connectivity index (χ2v) is 7.32. The summed E-state index contributed by atoms with van der Waals surface area (Å²) in [5, 5.41) is 0. The van der Waals surface area contributed by atoms with Crippen molar-refractivity contribution in [1.29, 1.82) is 0 Å². The molecule has 0 radical (unpaired) electrons. The summed E-state index contributed by atoms with van der Waals surface area (Å²) in [6.07, 6.45) is 3.82. The normalized spacial score (nSPS) is 27.8. The molecule has 6 nitrogen and oxygen atoms in total. The standard InChI is InChI=1S/C12H22N2O4S/c1-18-6-5-12(15)14-7-10(9-3-4-9)11(8-14)13-19(2,16)17/h9-11,13H,3-8H2,1-2H3/t10-,11+/m1/s1. The van der Waals surface area contributed by atoms with Crippen LogP contribution in [0.2, 0.25) is 0 Å². The van der Waals surface area contributed by atoms with Gasteiger partial charge in [0.05, 0.1) is 19.3 Å². The molecule has 19 heavy (non-hydrogen) atoms. The highest BCUT2D eigenvalue weighted by Gasteiger charge is 2.44. The van der Waals surface area contributed by atoms with E-state index in [2.05, 4.69) is 4.72 Å². The summed E-state index contributed by atoms with van der Waals surface area (Å²) in [4.78, 5) is 13.7. The maximum Gasteiger partial charge on any atom is 0.224 e. The van der Waals surface area contributed by atoms with Crippen molar-refractivity contribution < 1.29 is 17.9 Å². The van der Waals surface area contributed by atoms with Gasteiger partial charge in [-0.3, -0.25) is 4.79 Å². The number of carbonyl (C=O) groups is 1. The van der Waals surface area contributed by atoms with E-state index in [1.54, 1.807) is 12.0 Å². The quantitative estimate of drug-likeness (QED) is 0.735. The van der Waals surface area contributed by atoms with Gasteiger partial charge in [0.2, 0.25) is 15.9 Å². The van der Waals surface area contributed by atoms with Crippen LogP contribution in [0, 0.1) is 11.8 Å². The molecular formula is C12H22N2O4S. The largest absolute Gasteiger partial charge is 0.384 e. The molecule has 1 aliphatic heterocycles. The summed E-state index contributed by atoms with van der Waals surface area (Å²) in [5.74, 6) is 0.881. The predicted octanol–water partition coefficient (Wildman–Crippen LogP) is -0.191. The first-order valence-corrected chi connectivity index (χ1v) is 8.54. The molecule has 0 aromatic rings. The molecule has 0 aromatic heterocycles. The third kappa shape index (κ3) is 4.15. The first-order valence-electron chi connectivity index (χ1n) is 6.64. The number of hydrogen-bond acceptors (Lipinski definition) is 4. The zero-order chi connectivity index (χ0) is 14.0. The van der Waals surface area contributed by atoms with E-state index in [0.717, 1.165) is 12.8 Å². The van der Waals surface area contributed by atoms with Gasteiger partial charge >= 0.3 is 0 Å². The van der Waals surface area contributed by atoms with Gasteiger partial charge < -0.3 is 9.64 Å². The monoisotopic (exact) mass is 290 g/mol. The molecule has 1 amide bonds. The van der Waals surface area contributed by atoms with Crippen LogP contribution in [0.25, 0.3) is 0 Å². The number of likely N-dealkylation sites (tertiary alicyclic amines) is 1. The highest BCUT2D eigenvalue weighted by atomic mass is 32.2. The SMILES string of the molecule is COCCC(=O)N1C[C@H](NS(C)(=O)=O)[C@@H](C2CC2)C1. The molecular weight excluding hydrogens is 268 g/mol. The van der Waals surface area contributed by atoms with Crippen LogP contribution in [0.15, 0.2) is 0 Å². The number of nitrogens with one attached hydrogen (secondary N) is 1. The fourth-order valence-electron chi connectivity index (χ4n) is 2.78. The minimum absolute atomic E-state index is 0.0466. The summed E-state index contributed by atoms with van der Waals surface area (Å²) >= 11 is 0. The van der Waals surface area contributed by atoms with Crippen LogP contribution < -0.4 is 4.72 Å². The maximum absolute atomic E-state index is 12.0. The van der Waals surface area contributed by atoms with Crippen LogP contribution >= 0.6 is 0 Å². The smallest absolute Gasteiger partial charge is 0.224 e. The van der Waals surface area contributed by atoms with Crippen LogP contribution in [0.4, 0.5) is 0 Å². The van der Waals surface area contributed by atoms with Crippen molar-refractivity contribution in [2.75, 3.05) is 33.1 Å². The Morgan fingerprint density at radius 2 is 2.05 bits per heavy atom. The van der Waals surface area contributed by atoms with Gasteiger partial charge in [0.15, 0.2) is 0 Å². The van der Waals surface area contributed by atoms with E-state index in [1.165, 1.54) is 6.26 Å². The number of nitrogens with zero attached hydrogens (tertiary/aromatic N) is 1. The molecule has 0 unspecified atom stereocenters. The van der Waals surface area contributed by atoms with Crippen LogP contribution in [-0.2, 0) is 19.6 Å². The Balaban J connectivity index is 1.97. The lowest BCUT2D eigenvalue weighted by molar-refractivity contribution is -0.131. The van der Waals surface area contributed by atoms with Gasteiger partial charge in [-0.25, -0.2) is 13.1 Å². The van der Waals surface area contributed by atoms with Gasteiger partial charge in [-0.1, -0.05) is 0 Å². The fraction of sp³-hybridized carbons (Fsp3) is 0.917. The zero-order valence-corrected chi connectivity index (χ0v) is 12.3. The number of methoxy groups -OCH3 is 1. The van der Waals surface area contributed by atoms with E-state index < -0.39 is 10.0 Å². The molecule has 0 aromatic carbocycles. The van der Waals surface area contributed by atoms with Gasteiger partial charge in [0, 0.05) is 26.2 Å². The molecule has 7 heteroatoms. The third-order valence-corrected chi connectivity index (χ3v) is 4.56. The van der Waals surface area contributed by atoms with Crippen molar-refractivity contribution in [3.63, 3.8) is 0 Å². The predicted molar refractivity (Wildman–Crippen MR) is 71.1 cm³/mol. The Hall–Kier alpha value is -0.660. The fourth-order valence-corrected chi connectivity index (χ4v) is 3.58. The molecule has 1 saturated heterocycles. The lowest BCUT2D eigenvalue weighted by Gasteiger charge is -2.17. The molecule has 1 aliphatic carbocycles. The van der Waals surface area contributed by atoms with Crippen LogP contribution in [0.3, 0.4) is 0 Å². The molecule has 1 heterocycles. The average Bonchev–Trinajstić information content (AvgIpc) is 3.07. The maximum atomic E-state index is 12.0. The number of amides is 1. The van der Waals surface area contributed by atoms with E-state index in [0.29, 0.717) is 32.0 Å². The van der Waals surface area contributed by atoms with Gasteiger partial charge in [-0.2, -0.15) is 0 Å². The highest BCUT2D eigenvalue weighted by Crippen LogP contribution is 2.41. The van der Waals surface area contributed by atoms with Crippen LogP contribution in [0.1, 0.15) is 19.3 Å². The molecule has 0 spiro atoms. The summed E-state index contributed by atoms with van der Waals surface area (Å²) in [6, 6.07) is -0.131. The minimum Gasteiger partial charge on any atom is -0.384 e. The van der Waals surface area contributed by atoms with E-state index >= 15 is 0 Å². The van der Waals surface area contributed by atoms with Gasteiger partial charge in [0.1, 0.15) is 0 Å². The van der Waals surface area contributed by atoms with E-state index in [1.807, 2.05) is 0 Å². The highest BCUT2D eigenvalue weighted by molar-refractivity contribution is 7.88. The van der Waals surface area contributed by atoms with Crippen LogP contribution in [-0.4, -0.2) is 58.3 Å². The molecule has 0 bridgehead atoms. The van der Waals surface area contributed by atoms with Crippen molar-refractivity contribution in [2.24, 2.45) is 11.8 Å². The molecule has 1 N–H and O–H groups in total. The summed E-state index contributed by atoms with van der Waals surface area (Å²) in [7, 11) is -1.66.